The quantitative estimate of drug-likeness (QED) is 0.877. The second kappa shape index (κ2) is 6.06. The highest BCUT2D eigenvalue weighted by Crippen LogP contribution is 2.22. The number of nitrogens with zero attached hydrogens (tertiary/aromatic N) is 1. The highest BCUT2D eigenvalue weighted by Gasteiger charge is 2.22. The maximum absolute atomic E-state index is 3.93. The molecule has 0 aromatic heterocycles. The number of likely N-dealkylation sites (tertiary alicyclic amines) is 1. The topological polar surface area (TPSA) is 15.3 Å². The lowest BCUT2D eigenvalue weighted by Crippen LogP contribution is -2.42. The Bertz CT molecular complexity index is 415. The number of rotatable bonds is 2. The van der Waals surface area contributed by atoms with E-state index in [1.165, 1.54) is 51.6 Å². The van der Waals surface area contributed by atoms with E-state index >= 15 is 0 Å². The summed E-state index contributed by atoms with van der Waals surface area (Å²) in [7, 11) is 2.25. The Hall–Kier alpha value is -0.860. The highest BCUT2D eigenvalue weighted by molar-refractivity contribution is 5.30. The molecule has 1 fully saturated rings. The third-order valence-corrected chi connectivity index (χ3v) is 4.77. The zero-order valence-electron chi connectivity index (χ0n) is 12.1. The molecule has 2 heteroatoms. The Morgan fingerprint density at radius 3 is 2.74 bits per heavy atom. The molecule has 104 valence electrons. The van der Waals surface area contributed by atoms with Gasteiger partial charge in [-0.1, -0.05) is 24.3 Å². The minimum atomic E-state index is 0.698. The summed E-state index contributed by atoms with van der Waals surface area (Å²) in [6.45, 7) is 2.52. The number of hydrogen-bond donors (Lipinski definition) is 1. The van der Waals surface area contributed by atoms with E-state index in [2.05, 4.69) is 41.5 Å². The van der Waals surface area contributed by atoms with Gasteiger partial charge in [0.25, 0.3) is 0 Å². The summed E-state index contributed by atoms with van der Waals surface area (Å²) in [6, 6.07) is 10.4. The maximum Gasteiger partial charge on any atom is 0.0113 e. The first-order valence-electron chi connectivity index (χ1n) is 7.82. The van der Waals surface area contributed by atoms with Crippen LogP contribution in [-0.4, -0.2) is 37.1 Å². The summed E-state index contributed by atoms with van der Waals surface area (Å²) in [6.07, 6.45) is 7.79. The van der Waals surface area contributed by atoms with E-state index in [9.17, 15) is 0 Å². The monoisotopic (exact) mass is 258 g/mol. The third kappa shape index (κ3) is 3.37. The molecule has 1 heterocycles. The Balaban J connectivity index is 1.57. The summed E-state index contributed by atoms with van der Waals surface area (Å²) in [5.41, 5.74) is 3.14. The number of aryl methyl sites for hydroxylation is 1. The molecular weight excluding hydrogens is 232 g/mol. The van der Waals surface area contributed by atoms with Crippen molar-refractivity contribution in [3.8, 4) is 0 Å². The molecule has 2 unspecified atom stereocenters. The first kappa shape index (κ1) is 13.1. The van der Waals surface area contributed by atoms with E-state index in [0.717, 1.165) is 6.04 Å². The summed E-state index contributed by atoms with van der Waals surface area (Å²) < 4.78 is 0. The zero-order chi connectivity index (χ0) is 13.1. The smallest absolute Gasteiger partial charge is 0.0113 e. The van der Waals surface area contributed by atoms with Gasteiger partial charge >= 0.3 is 0 Å². The van der Waals surface area contributed by atoms with Crippen molar-refractivity contribution < 1.29 is 0 Å². The first-order chi connectivity index (χ1) is 9.31. The van der Waals surface area contributed by atoms with Crippen LogP contribution in [0, 0.1) is 0 Å². The van der Waals surface area contributed by atoms with Crippen molar-refractivity contribution in [2.24, 2.45) is 0 Å². The van der Waals surface area contributed by atoms with Crippen molar-refractivity contribution in [2.45, 2.75) is 50.6 Å². The van der Waals surface area contributed by atoms with Crippen molar-refractivity contribution >= 4 is 0 Å². The normalized spacial score (nSPS) is 28.7. The zero-order valence-corrected chi connectivity index (χ0v) is 12.1. The summed E-state index contributed by atoms with van der Waals surface area (Å²) in [5, 5.41) is 3.93. The lowest BCUT2D eigenvalue weighted by Gasteiger charge is -2.29. The van der Waals surface area contributed by atoms with E-state index < -0.39 is 0 Å². The Labute approximate surface area is 117 Å². The van der Waals surface area contributed by atoms with Crippen LogP contribution in [0.1, 0.15) is 36.8 Å². The van der Waals surface area contributed by atoms with Gasteiger partial charge in [-0.05, 0) is 69.8 Å². The molecular formula is C17H26N2. The van der Waals surface area contributed by atoms with Gasteiger partial charge in [-0.15, -0.1) is 0 Å². The summed E-state index contributed by atoms with van der Waals surface area (Å²) >= 11 is 0. The SMILES string of the molecule is CN1CCCC(NC2CCc3ccccc3C2)CC1. The average molecular weight is 258 g/mol. The van der Waals surface area contributed by atoms with Gasteiger partial charge in [0.2, 0.25) is 0 Å². The molecule has 2 aliphatic rings. The lowest BCUT2D eigenvalue weighted by molar-refractivity contribution is 0.333. The van der Waals surface area contributed by atoms with Gasteiger partial charge in [-0.3, -0.25) is 0 Å². The molecule has 1 aliphatic heterocycles. The molecule has 1 N–H and O–H groups in total. The van der Waals surface area contributed by atoms with E-state index in [1.54, 1.807) is 11.1 Å². The van der Waals surface area contributed by atoms with Gasteiger partial charge in [-0.25, -0.2) is 0 Å². The minimum Gasteiger partial charge on any atom is -0.311 e. The van der Waals surface area contributed by atoms with Crippen LogP contribution in [0.4, 0.5) is 0 Å². The third-order valence-electron chi connectivity index (χ3n) is 4.77. The molecule has 3 rings (SSSR count). The Morgan fingerprint density at radius 2 is 1.84 bits per heavy atom. The van der Waals surface area contributed by atoms with Crippen molar-refractivity contribution in [2.75, 3.05) is 20.1 Å². The second-order valence-corrected chi connectivity index (χ2v) is 6.31. The van der Waals surface area contributed by atoms with Crippen molar-refractivity contribution in [3.05, 3.63) is 35.4 Å². The molecule has 1 aliphatic carbocycles. The van der Waals surface area contributed by atoms with E-state index in [-0.39, 0.29) is 0 Å². The predicted molar refractivity (Wildman–Crippen MR) is 80.5 cm³/mol. The largest absolute Gasteiger partial charge is 0.311 e. The molecule has 0 amide bonds. The van der Waals surface area contributed by atoms with Gasteiger partial charge in [0.05, 0.1) is 0 Å². The molecule has 0 bridgehead atoms. The summed E-state index contributed by atoms with van der Waals surface area (Å²) in [5.74, 6) is 0. The van der Waals surface area contributed by atoms with Gasteiger partial charge in [0.1, 0.15) is 0 Å². The van der Waals surface area contributed by atoms with Gasteiger partial charge < -0.3 is 10.2 Å². The molecule has 1 saturated heterocycles. The van der Waals surface area contributed by atoms with Crippen LogP contribution in [0.15, 0.2) is 24.3 Å². The minimum absolute atomic E-state index is 0.698. The highest BCUT2D eigenvalue weighted by atomic mass is 15.1. The Kier molecular flexibility index (Phi) is 4.19. The molecule has 1 aromatic rings. The van der Waals surface area contributed by atoms with Crippen LogP contribution >= 0.6 is 0 Å². The number of nitrogens with one attached hydrogen (secondary N) is 1. The van der Waals surface area contributed by atoms with Gasteiger partial charge in [-0.2, -0.15) is 0 Å². The molecule has 2 nitrogen and oxygen atoms in total. The van der Waals surface area contributed by atoms with Crippen LogP contribution in [0.25, 0.3) is 0 Å². The van der Waals surface area contributed by atoms with Crippen molar-refractivity contribution in [3.63, 3.8) is 0 Å². The molecule has 0 radical (unpaired) electrons. The van der Waals surface area contributed by atoms with Crippen LogP contribution in [0.2, 0.25) is 0 Å². The summed E-state index contributed by atoms with van der Waals surface area (Å²) in [4.78, 5) is 2.47. The second-order valence-electron chi connectivity index (χ2n) is 6.31. The van der Waals surface area contributed by atoms with Crippen molar-refractivity contribution in [1.82, 2.24) is 10.2 Å². The lowest BCUT2D eigenvalue weighted by atomic mass is 9.87. The number of fused-ring (bicyclic) bond motifs is 1. The van der Waals surface area contributed by atoms with Crippen molar-refractivity contribution in [1.29, 1.82) is 0 Å². The van der Waals surface area contributed by atoms with Crippen LogP contribution in [0.3, 0.4) is 0 Å². The Morgan fingerprint density at radius 1 is 1.00 bits per heavy atom. The standard InChI is InChI=1S/C17H26N2/c1-19-11-4-7-16(10-12-19)18-17-9-8-14-5-2-3-6-15(14)13-17/h2-3,5-6,16-18H,4,7-13H2,1H3. The predicted octanol–water partition coefficient (Wildman–Crippen LogP) is 2.62. The van der Waals surface area contributed by atoms with E-state index in [4.69, 9.17) is 0 Å². The van der Waals surface area contributed by atoms with Crippen LogP contribution < -0.4 is 5.32 Å². The molecule has 0 spiro atoms. The molecule has 1 aromatic carbocycles. The number of benzene rings is 1. The van der Waals surface area contributed by atoms with Crippen LogP contribution in [0.5, 0.6) is 0 Å². The van der Waals surface area contributed by atoms with E-state index in [1.807, 2.05) is 0 Å². The average Bonchev–Trinajstić information content (AvgIpc) is 2.64. The number of hydrogen-bond acceptors (Lipinski definition) is 2. The van der Waals surface area contributed by atoms with Gasteiger partial charge in [0, 0.05) is 12.1 Å². The maximum atomic E-state index is 3.93. The molecule has 19 heavy (non-hydrogen) atoms. The fraction of sp³-hybridized carbons (Fsp3) is 0.647. The molecule has 2 atom stereocenters. The van der Waals surface area contributed by atoms with E-state index in [0.29, 0.717) is 6.04 Å². The van der Waals surface area contributed by atoms with Gasteiger partial charge in [0.15, 0.2) is 0 Å². The first-order valence-corrected chi connectivity index (χ1v) is 7.82. The van der Waals surface area contributed by atoms with Crippen LogP contribution in [-0.2, 0) is 12.8 Å². The fourth-order valence-electron chi connectivity index (χ4n) is 3.58. The molecule has 0 saturated carbocycles. The fourth-order valence-corrected chi connectivity index (χ4v) is 3.58.